The third kappa shape index (κ3) is 3.74. The molecule has 0 radical (unpaired) electrons. The van der Waals surface area contributed by atoms with Crippen LogP contribution < -0.4 is 5.32 Å². The number of fused-ring (bicyclic) bond motifs is 1. The summed E-state index contributed by atoms with van der Waals surface area (Å²) >= 11 is 7.71. The number of benzene rings is 1. The van der Waals surface area contributed by atoms with E-state index in [0.717, 1.165) is 22.9 Å². The molecule has 24 heavy (non-hydrogen) atoms. The molecule has 1 aliphatic rings. The van der Waals surface area contributed by atoms with Crippen LogP contribution in [-0.2, 0) is 10.0 Å². The number of nitrogens with zero attached hydrogens (tertiary/aromatic N) is 1. The highest BCUT2D eigenvalue weighted by Gasteiger charge is 2.25. The molecule has 1 fully saturated rings. The summed E-state index contributed by atoms with van der Waals surface area (Å²) in [6.07, 6.45) is 2.75. The third-order valence-corrected chi connectivity index (χ3v) is 7.31. The van der Waals surface area contributed by atoms with Crippen LogP contribution in [0.4, 0.5) is 0 Å². The molecule has 130 valence electrons. The van der Waals surface area contributed by atoms with Crippen LogP contribution in [0.2, 0.25) is 5.02 Å². The number of halogens is 1. The first kappa shape index (κ1) is 17.7. The zero-order chi connectivity index (χ0) is 17.3. The second-order valence-electron chi connectivity index (χ2n) is 6.06. The van der Waals surface area contributed by atoms with Crippen LogP contribution in [0.3, 0.4) is 0 Å². The molecule has 2 aromatic rings. The van der Waals surface area contributed by atoms with Gasteiger partial charge in [0.25, 0.3) is 5.91 Å². The molecule has 8 heteroatoms. The minimum absolute atomic E-state index is 0.160. The van der Waals surface area contributed by atoms with Crippen LogP contribution in [0.15, 0.2) is 24.3 Å². The van der Waals surface area contributed by atoms with Crippen LogP contribution >= 0.6 is 22.9 Å². The van der Waals surface area contributed by atoms with E-state index < -0.39 is 10.0 Å². The van der Waals surface area contributed by atoms with Gasteiger partial charge in [-0.2, -0.15) is 0 Å². The summed E-state index contributed by atoms with van der Waals surface area (Å²) in [4.78, 5) is 12.9. The zero-order valence-corrected chi connectivity index (χ0v) is 15.7. The predicted molar refractivity (Wildman–Crippen MR) is 98.3 cm³/mol. The number of rotatable bonds is 4. The number of piperidine rings is 1. The Bertz CT molecular complexity index is 855. The predicted octanol–water partition coefficient (Wildman–Crippen LogP) is 2.96. The van der Waals surface area contributed by atoms with Crippen molar-refractivity contribution in [2.75, 3.05) is 25.9 Å². The zero-order valence-electron chi connectivity index (χ0n) is 13.3. The number of thiophene rings is 1. The molecule has 0 spiro atoms. The van der Waals surface area contributed by atoms with Crippen molar-refractivity contribution in [3.63, 3.8) is 0 Å². The molecule has 2 heterocycles. The van der Waals surface area contributed by atoms with Gasteiger partial charge in [-0.1, -0.05) is 29.8 Å². The number of hydrogen-bond donors (Lipinski definition) is 1. The van der Waals surface area contributed by atoms with Crippen LogP contribution in [0, 0.1) is 5.92 Å². The Balaban J connectivity index is 1.59. The van der Waals surface area contributed by atoms with Gasteiger partial charge in [0.15, 0.2) is 0 Å². The highest BCUT2D eigenvalue weighted by molar-refractivity contribution is 7.88. The van der Waals surface area contributed by atoms with Crippen molar-refractivity contribution in [2.45, 2.75) is 12.8 Å². The molecule has 1 aromatic carbocycles. The van der Waals surface area contributed by atoms with Gasteiger partial charge in [-0.15, -0.1) is 11.3 Å². The lowest BCUT2D eigenvalue weighted by molar-refractivity contribution is 0.0946. The van der Waals surface area contributed by atoms with Gasteiger partial charge in [0.2, 0.25) is 10.0 Å². The molecule has 1 saturated heterocycles. The van der Waals surface area contributed by atoms with Gasteiger partial charge >= 0.3 is 0 Å². The summed E-state index contributed by atoms with van der Waals surface area (Å²) in [5.41, 5.74) is 0. The van der Waals surface area contributed by atoms with E-state index in [4.69, 9.17) is 11.6 Å². The topological polar surface area (TPSA) is 66.5 Å². The summed E-state index contributed by atoms with van der Waals surface area (Å²) in [5.74, 6) is 0.131. The van der Waals surface area contributed by atoms with Crippen molar-refractivity contribution in [3.05, 3.63) is 34.2 Å². The highest BCUT2D eigenvalue weighted by Crippen LogP contribution is 2.35. The normalized spacial score (nSPS) is 17.2. The van der Waals surface area contributed by atoms with Gasteiger partial charge in [-0.05, 0) is 24.8 Å². The third-order valence-electron chi connectivity index (χ3n) is 4.33. The lowest BCUT2D eigenvalue weighted by atomic mass is 9.98. The smallest absolute Gasteiger partial charge is 0.262 e. The molecule has 1 aliphatic heterocycles. The van der Waals surface area contributed by atoms with Crippen molar-refractivity contribution < 1.29 is 13.2 Å². The van der Waals surface area contributed by atoms with E-state index in [1.807, 2.05) is 24.3 Å². The lowest BCUT2D eigenvalue weighted by Crippen LogP contribution is -2.41. The van der Waals surface area contributed by atoms with Crippen LogP contribution in [0.5, 0.6) is 0 Å². The fraction of sp³-hybridized carbons (Fsp3) is 0.438. The number of amides is 1. The molecule has 1 N–H and O–H groups in total. The molecule has 0 bridgehead atoms. The van der Waals surface area contributed by atoms with E-state index in [1.54, 1.807) is 0 Å². The standard InChI is InChI=1S/C16H19ClN2O3S2/c1-24(21,22)19-8-6-11(7-9-19)10-18-16(20)15-14(17)12-4-2-3-5-13(12)23-15/h2-5,11H,6-10H2,1H3,(H,18,20). The fourth-order valence-electron chi connectivity index (χ4n) is 2.92. The Morgan fingerprint density at radius 3 is 2.62 bits per heavy atom. The first-order valence-corrected chi connectivity index (χ1v) is 10.8. The molecule has 1 amide bonds. The highest BCUT2D eigenvalue weighted by atomic mass is 35.5. The monoisotopic (exact) mass is 386 g/mol. The van der Waals surface area contributed by atoms with Gasteiger partial charge in [0.05, 0.1) is 11.3 Å². The van der Waals surface area contributed by atoms with Crippen molar-refractivity contribution in [1.29, 1.82) is 0 Å². The average Bonchev–Trinajstić information content (AvgIpc) is 2.90. The summed E-state index contributed by atoms with van der Waals surface area (Å²) in [7, 11) is -3.11. The Kier molecular flexibility index (Phi) is 5.15. The molecule has 5 nitrogen and oxygen atoms in total. The van der Waals surface area contributed by atoms with E-state index in [9.17, 15) is 13.2 Å². The lowest BCUT2D eigenvalue weighted by Gasteiger charge is -2.30. The van der Waals surface area contributed by atoms with Gasteiger partial charge in [0.1, 0.15) is 4.88 Å². The maximum Gasteiger partial charge on any atom is 0.262 e. The minimum Gasteiger partial charge on any atom is -0.351 e. The second kappa shape index (κ2) is 7.00. The van der Waals surface area contributed by atoms with Gasteiger partial charge in [0, 0.05) is 29.7 Å². The number of hydrogen-bond acceptors (Lipinski definition) is 4. The van der Waals surface area contributed by atoms with Crippen LogP contribution in [-0.4, -0.2) is 44.5 Å². The van der Waals surface area contributed by atoms with Crippen LogP contribution in [0.1, 0.15) is 22.5 Å². The van der Waals surface area contributed by atoms with Crippen molar-refractivity contribution >= 4 is 49.0 Å². The van der Waals surface area contributed by atoms with E-state index in [1.165, 1.54) is 21.9 Å². The largest absolute Gasteiger partial charge is 0.351 e. The molecule has 3 rings (SSSR count). The molecular weight excluding hydrogens is 368 g/mol. The number of sulfonamides is 1. The number of nitrogens with one attached hydrogen (secondary N) is 1. The Labute approximate surface area is 150 Å². The molecule has 0 aliphatic carbocycles. The number of carbonyl (C=O) groups is 1. The molecule has 1 aromatic heterocycles. The fourth-order valence-corrected chi connectivity index (χ4v) is 5.23. The second-order valence-corrected chi connectivity index (χ2v) is 9.47. The molecule has 0 saturated carbocycles. The van der Waals surface area contributed by atoms with E-state index in [0.29, 0.717) is 35.5 Å². The Morgan fingerprint density at radius 1 is 1.33 bits per heavy atom. The molecule has 0 unspecified atom stereocenters. The van der Waals surface area contributed by atoms with Crippen molar-refractivity contribution in [1.82, 2.24) is 9.62 Å². The number of carbonyl (C=O) groups excluding carboxylic acids is 1. The van der Waals surface area contributed by atoms with Gasteiger partial charge < -0.3 is 5.32 Å². The molecular formula is C16H19ClN2O3S2. The van der Waals surface area contributed by atoms with Gasteiger partial charge in [-0.3, -0.25) is 4.79 Å². The quantitative estimate of drug-likeness (QED) is 0.878. The minimum atomic E-state index is -3.11. The Morgan fingerprint density at radius 2 is 2.00 bits per heavy atom. The van der Waals surface area contributed by atoms with Crippen LogP contribution in [0.25, 0.3) is 10.1 Å². The SMILES string of the molecule is CS(=O)(=O)N1CCC(CNC(=O)c2sc3ccccc3c2Cl)CC1. The first-order valence-electron chi connectivity index (χ1n) is 7.76. The summed E-state index contributed by atoms with van der Waals surface area (Å²) in [6.45, 7) is 1.58. The summed E-state index contributed by atoms with van der Waals surface area (Å²) in [5, 5.41) is 4.34. The van der Waals surface area contributed by atoms with Crippen molar-refractivity contribution in [2.24, 2.45) is 5.92 Å². The van der Waals surface area contributed by atoms with Crippen molar-refractivity contribution in [3.8, 4) is 0 Å². The maximum atomic E-state index is 12.4. The van der Waals surface area contributed by atoms with E-state index in [2.05, 4.69) is 5.32 Å². The maximum absolute atomic E-state index is 12.4. The molecule has 0 atom stereocenters. The van der Waals surface area contributed by atoms with E-state index in [-0.39, 0.29) is 5.91 Å². The van der Waals surface area contributed by atoms with E-state index >= 15 is 0 Å². The van der Waals surface area contributed by atoms with Gasteiger partial charge in [-0.25, -0.2) is 12.7 Å². The summed E-state index contributed by atoms with van der Waals surface area (Å²) in [6, 6.07) is 7.68. The Hall–Kier alpha value is -1.15. The average molecular weight is 387 g/mol. The summed E-state index contributed by atoms with van der Waals surface area (Å²) < 4.78 is 25.5. The first-order chi connectivity index (χ1) is 11.4.